The Morgan fingerprint density at radius 1 is 1.16 bits per heavy atom. The van der Waals surface area contributed by atoms with Crippen molar-refractivity contribution in [2.24, 2.45) is 5.73 Å². The molecule has 0 atom stereocenters. The lowest BCUT2D eigenvalue weighted by Crippen LogP contribution is -2.18. The Bertz CT molecular complexity index is 834. The fourth-order valence-corrected chi connectivity index (χ4v) is 2.97. The van der Waals surface area contributed by atoms with Gasteiger partial charge < -0.3 is 15.4 Å². The van der Waals surface area contributed by atoms with Gasteiger partial charge >= 0.3 is 0 Å². The molecule has 128 valence electrons. The highest BCUT2D eigenvalue weighted by Crippen LogP contribution is 2.18. The van der Waals surface area contributed by atoms with E-state index >= 15 is 0 Å². The Morgan fingerprint density at radius 2 is 1.92 bits per heavy atom. The number of primary amides is 1. The number of rotatable bonds is 6. The number of nitrogens with two attached hydrogens (primary N) is 1. The van der Waals surface area contributed by atoms with Crippen molar-refractivity contribution in [1.82, 2.24) is 9.55 Å². The topological polar surface area (TPSA) is 81.1 Å². The number of imidazole rings is 1. The molecule has 1 aromatic heterocycles. The van der Waals surface area contributed by atoms with Crippen LogP contribution in [0.3, 0.4) is 0 Å². The van der Waals surface area contributed by atoms with Crippen LogP contribution in [0, 0.1) is 6.92 Å². The van der Waals surface area contributed by atoms with Gasteiger partial charge in [0.15, 0.2) is 0 Å². The van der Waals surface area contributed by atoms with Crippen LogP contribution in [0.25, 0.3) is 0 Å². The molecule has 0 saturated heterocycles. The molecule has 25 heavy (non-hydrogen) atoms. The number of phenols is 1. The minimum absolute atomic E-state index is 0.139. The first-order valence-corrected chi connectivity index (χ1v) is 8.16. The van der Waals surface area contributed by atoms with E-state index in [0.717, 1.165) is 22.5 Å². The highest BCUT2D eigenvalue weighted by molar-refractivity contribution is 5.76. The molecule has 3 N–H and O–H groups in total. The molecule has 0 radical (unpaired) electrons. The number of aromatic nitrogens is 2. The smallest absolute Gasteiger partial charge is 0.223 e. The van der Waals surface area contributed by atoms with Gasteiger partial charge in [-0.25, -0.2) is 4.98 Å². The molecule has 0 aliphatic carbocycles. The summed E-state index contributed by atoms with van der Waals surface area (Å²) in [5.41, 5.74) is 10.4. The molecule has 0 saturated carbocycles. The number of nitrogens with zero attached hydrogens (tertiary/aromatic N) is 2. The number of phenolic OH excluding ortho intramolecular Hbond substituents is 1. The Hall–Kier alpha value is -3.08. The summed E-state index contributed by atoms with van der Waals surface area (Å²) >= 11 is 0. The van der Waals surface area contributed by atoms with Gasteiger partial charge in [0.2, 0.25) is 5.91 Å². The Balaban J connectivity index is 1.91. The van der Waals surface area contributed by atoms with Crippen molar-refractivity contribution >= 4 is 5.91 Å². The lowest BCUT2D eigenvalue weighted by atomic mass is 10.0. The molecule has 0 aliphatic heterocycles. The van der Waals surface area contributed by atoms with Gasteiger partial charge in [-0.2, -0.15) is 0 Å². The van der Waals surface area contributed by atoms with Gasteiger partial charge in [-0.1, -0.05) is 42.0 Å². The van der Waals surface area contributed by atoms with Gasteiger partial charge in [-0.05, 0) is 30.2 Å². The summed E-state index contributed by atoms with van der Waals surface area (Å²) < 4.78 is 1.92. The highest BCUT2D eigenvalue weighted by atomic mass is 16.3. The van der Waals surface area contributed by atoms with Crippen molar-refractivity contribution < 1.29 is 9.90 Å². The second kappa shape index (κ2) is 7.21. The van der Waals surface area contributed by atoms with E-state index in [2.05, 4.69) is 17.1 Å². The zero-order valence-electron chi connectivity index (χ0n) is 14.1. The van der Waals surface area contributed by atoms with E-state index in [-0.39, 0.29) is 18.1 Å². The van der Waals surface area contributed by atoms with E-state index in [4.69, 9.17) is 5.73 Å². The van der Waals surface area contributed by atoms with E-state index in [1.54, 1.807) is 24.5 Å². The van der Waals surface area contributed by atoms with E-state index in [1.165, 1.54) is 5.56 Å². The zero-order valence-corrected chi connectivity index (χ0v) is 14.1. The Morgan fingerprint density at radius 3 is 2.64 bits per heavy atom. The van der Waals surface area contributed by atoms with Crippen molar-refractivity contribution in [3.05, 3.63) is 82.9 Å². The van der Waals surface area contributed by atoms with Crippen molar-refractivity contribution in [1.29, 1.82) is 0 Å². The maximum absolute atomic E-state index is 11.5. The SMILES string of the molecule is Cc1cccc(Cc2ncn(Cc3cccc(O)c3)c2CC(N)=O)c1. The first-order chi connectivity index (χ1) is 12.0. The molecular formula is C20H21N3O2. The lowest BCUT2D eigenvalue weighted by molar-refractivity contribution is -0.117. The van der Waals surface area contributed by atoms with Crippen LogP contribution < -0.4 is 5.73 Å². The monoisotopic (exact) mass is 335 g/mol. The normalized spacial score (nSPS) is 10.8. The van der Waals surface area contributed by atoms with Crippen molar-refractivity contribution in [3.63, 3.8) is 0 Å². The quantitative estimate of drug-likeness (QED) is 0.726. The largest absolute Gasteiger partial charge is 0.508 e. The first-order valence-electron chi connectivity index (χ1n) is 8.16. The predicted molar refractivity (Wildman–Crippen MR) is 96.3 cm³/mol. The fraction of sp³-hybridized carbons (Fsp3) is 0.200. The molecule has 1 amide bonds. The van der Waals surface area contributed by atoms with Crippen LogP contribution in [0.5, 0.6) is 5.75 Å². The van der Waals surface area contributed by atoms with Crippen LogP contribution in [0.1, 0.15) is 28.1 Å². The van der Waals surface area contributed by atoms with Crippen molar-refractivity contribution in [2.45, 2.75) is 26.3 Å². The first kappa shape index (κ1) is 16.8. The van der Waals surface area contributed by atoms with Gasteiger partial charge in [0.1, 0.15) is 5.75 Å². The molecule has 0 fully saturated rings. The third kappa shape index (κ3) is 4.26. The molecule has 0 aliphatic rings. The van der Waals surface area contributed by atoms with Gasteiger partial charge in [0, 0.05) is 13.0 Å². The fourth-order valence-electron chi connectivity index (χ4n) is 2.97. The van der Waals surface area contributed by atoms with Crippen LogP contribution >= 0.6 is 0 Å². The number of benzene rings is 2. The van der Waals surface area contributed by atoms with Crippen LogP contribution in [0.2, 0.25) is 0 Å². The molecular weight excluding hydrogens is 314 g/mol. The second-order valence-corrected chi connectivity index (χ2v) is 6.24. The Labute approximate surface area is 146 Å². The second-order valence-electron chi connectivity index (χ2n) is 6.24. The van der Waals surface area contributed by atoms with Crippen molar-refractivity contribution in [2.75, 3.05) is 0 Å². The molecule has 0 spiro atoms. The Kier molecular flexibility index (Phi) is 4.84. The number of aryl methyl sites for hydroxylation is 1. The molecule has 3 rings (SSSR count). The molecule has 2 aromatic carbocycles. The van der Waals surface area contributed by atoms with Crippen LogP contribution in [-0.2, 0) is 24.2 Å². The number of aromatic hydroxyl groups is 1. The molecule has 0 unspecified atom stereocenters. The minimum atomic E-state index is -0.386. The third-order valence-corrected chi connectivity index (χ3v) is 4.09. The number of hydrogen-bond donors (Lipinski definition) is 2. The van der Waals surface area contributed by atoms with Crippen LogP contribution in [0.15, 0.2) is 54.9 Å². The molecule has 0 bridgehead atoms. The number of amides is 1. The summed E-state index contributed by atoms with van der Waals surface area (Å²) in [5.74, 6) is -0.169. The van der Waals surface area contributed by atoms with Crippen molar-refractivity contribution in [3.8, 4) is 5.75 Å². The third-order valence-electron chi connectivity index (χ3n) is 4.09. The summed E-state index contributed by atoms with van der Waals surface area (Å²) in [4.78, 5) is 16.0. The minimum Gasteiger partial charge on any atom is -0.508 e. The maximum atomic E-state index is 11.5. The summed E-state index contributed by atoms with van der Waals surface area (Å²) in [5, 5.41) is 9.63. The van der Waals surface area contributed by atoms with Gasteiger partial charge in [-0.3, -0.25) is 4.79 Å². The summed E-state index contributed by atoms with van der Waals surface area (Å²) in [6.07, 6.45) is 2.52. The highest BCUT2D eigenvalue weighted by Gasteiger charge is 2.14. The molecule has 5 heteroatoms. The standard InChI is InChI=1S/C20H21N3O2/c1-14-4-2-5-15(8-14)10-18-19(11-20(21)25)23(13-22-18)12-16-6-3-7-17(24)9-16/h2-9,13,24H,10-12H2,1H3,(H2,21,25). The van der Waals surface area contributed by atoms with E-state index in [1.807, 2.05) is 29.7 Å². The molecule has 1 heterocycles. The average molecular weight is 335 g/mol. The van der Waals surface area contributed by atoms with E-state index < -0.39 is 0 Å². The van der Waals surface area contributed by atoms with E-state index in [9.17, 15) is 9.90 Å². The summed E-state index contributed by atoms with van der Waals surface area (Å²) in [7, 11) is 0. The van der Waals surface area contributed by atoms with Crippen LogP contribution in [0.4, 0.5) is 0 Å². The lowest BCUT2D eigenvalue weighted by Gasteiger charge is -2.10. The number of carbonyl (C=O) groups excluding carboxylic acids is 1. The summed E-state index contributed by atoms with van der Waals surface area (Å²) in [6.45, 7) is 2.58. The van der Waals surface area contributed by atoms with E-state index in [0.29, 0.717) is 13.0 Å². The summed E-state index contributed by atoms with van der Waals surface area (Å²) in [6, 6.07) is 15.3. The average Bonchev–Trinajstić information content (AvgIpc) is 2.89. The van der Waals surface area contributed by atoms with Crippen LogP contribution in [-0.4, -0.2) is 20.6 Å². The molecule has 3 aromatic rings. The molecule has 5 nitrogen and oxygen atoms in total. The number of hydrogen-bond acceptors (Lipinski definition) is 3. The predicted octanol–water partition coefficient (Wildman–Crippen LogP) is 2.56. The zero-order chi connectivity index (χ0) is 17.8. The van der Waals surface area contributed by atoms with Gasteiger partial charge in [0.25, 0.3) is 0 Å². The van der Waals surface area contributed by atoms with Gasteiger partial charge in [-0.15, -0.1) is 0 Å². The maximum Gasteiger partial charge on any atom is 0.223 e. The number of carbonyl (C=O) groups is 1. The van der Waals surface area contributed by atoms with Gasteiger partial charge in [0.05, 0.1) is 24.1 Å².